The highest BCUT2D eigenvalue weighted by Gasteiger charge is 2.38. The van der Waals surface area contributed by atoms with Gasteiger partial charge < -0.3 is 9.84 Å². The van der Waals surface area contributed by atoms with E-state index in [9.17, 15) is 9.90 Å². The van der Waals surface area contributed by atoms with Crippen molar-refractivity contribution in [3.8, 4) is 0 Å². The molecule has 0 spiro atoms. The van der Waals surface area contributed by atoms with E-state index >= 15 is 0 Å². The third kappa shape index (κ3) is 3.72. The number of benzene rings is 1. The summed E-state index contributed by atoms with van der Waals surface area (Å²) in [7, 11) is 0. The molecule has 0 aliphatic rings. The molecule has 0 aromatic heterocycles. The van der Waals surface area contributed by atoms with Gasteiger partial charge in [-0.25, -0.2) is 4.79 Å². The van der Waals surface area contributed by atoms with Gasteiger partial charge in [-0.15, -0.1) is 11.6 Å². The van der Waals surface area contributed by atoms with Crippen molar-refractivity contribution in [3.63, 3.8) is 0 Å². The van der Waals surface area contributed by atoms with Crippen molar-refractivity contribution in [2.45, 2.75) is 37.7 Å². The molecule has 1 N–H and O–H groups in total. The van der Waals surface area contributed by atoms with Crippen molar-refractivity contribution in [2.75, 3.05) is 6.61 Å². The summed E-state index contributed by atoms with van der Waals surface area (Å²) in [6, 6.07) is 9.02. The van der Waals surface area contributed by atoms with Crippen molar-refractivity contribution in [1.29, 1.82) is 0 Å². The first-order valence-electron chi connectivity index (χ1n) is 6.09. The van der Waals surface area contributed by atoms with Crippen LogP contribution in [-0.4, -0.2) is 23.8 Å². The average molecular weight is 271 g/mol. The van der Waals surface area contributed by atoms with E-state index in [1.807, 2.05) is 25.1 Å². The Morgan fingerprint density at radius 3 is 2.61 bits per heavy atom. The number of rotatable bonds is 6. The standard InChI is InChI=1S/C14H19ClO3/c1-3-4-10-18-13(17)12(16)14(2,15)11-8-6-5-7-9-11/h5-9,12,16H,3-4,10H2,1-2H3/t12-,14+/m1/s1. The van der Waals surface area contributed by atoms with Gasteiger partial charge in [0.2, 0.25) is 0 Å². The van der Waals surface area contributed by atoms with E-state index in [-0.39, 0.29) is 0 Å². The average Bonchev–Trinajstić information content (AvgIpc) is 2.39. The van der Waals surface area contributed by atoms with Crippen molar-refractivity contribution in [1.82, 2.24) is 0 Å². The molecule has 0 saturated carbocycles. The summed E-state index contributed by atoms with van der Waals surface area (Å²) in [5.74, 6) is -0.676. The van der Waals surface area contributed by atoms with Crippen LogP contribution in [0, 0.1) is 0 Å². The Morgan fingerprint density at radius 2 is 2.06 bits per heavy atom. The third-order valence-corrected chi connectivity index (χ3v) is 3.24. The second kappa shape index (κ2) is 6.76. The van der Waals surface area contributed by atoms with E-state index in [0.717, 1.165) is 12.8 Å². The first-order valence-corrected chi connectivity index (χ1v) is 6.47. The summed E-state index contributed by atoms with van der Waals surface area (Å²) < 4.78 is 4.98. The minimum Gasteiger partial charge on any atom is -0.464 e. The number of hydrogen-bond donors (Lipinski definition) is 1. The Kier molecular flexibility index (Phi) is 5.63. The molecule has 4 heteroatoms. The van der Waals surface area contributed by atoms with E-state index in [1.165, 1.54) is 0 Å². The zero-order valence-corrected chi connectivity index (χ0v) is 11.5. The van der Waals surface area contributed by atoms with E-state index in [0.29, 0.717) is 12.2 Å². The number of esters is 1. The summed E-state index contributed by atoms with van der Waals surface area (Å²) in [5.41, 5.74) is 0.687. The van der Waals surface area contributed by atoms with Crippen LogP contribution >= 0.6 is 11.6 Å². The summed E-state index contributed by atoms with van der Waals surface area (Å²) >= 11 is 6.27. The van der Waals surface area contributed by atoms with Crippen LogP contribution in [0.3, 0.4) is 0 Å². The molecule has 0 aliphatic carbocycles. The number of carbonyl (C=O) groups excluding carboxylic acids is 1. The van der Waals surface area contributed by atoms with E-state index < -0.39 is 16.9 Å². The van der Waals surface area contributed by atoms with E-state index in [2.05, 4.69) is 0 Å². The molecule has 0 saturated heterocycles. The molecular formula is C14H19ClO3. The predicted molar refractivity (Wildman–Crippen MR) is 71.5 cm³/mol. The maximum Gasteiger partial charge on any atom is 0.337 e. The molecule has 1 aromatic carbocycles. The Morgan fingerprint density at radius 1 is 1.44 bits per heavy atom. The lowest BCUT2D eigenvalue weighted by molar-refractivity contribution is -0.155. The fourth-order valence-electron chi connectivity index (χ4n) is 1.54. The van der Waals surface area contributed by atoms with Gasteiger partial charge in [-0.3, -0.25) is 0 Å². The highest BCUT2D eigenvalue weighted by Crippen LogP contribution is 2.32. The quantitative estimate of drug-likeness (QED) is 0.491. The van der Waals surface area contributed by atoms with Crippen molar-refractivity contribution in [3.05, 3.63) is 35.9 Å². The van der Waals surface area contributed by atoms with Crippen LogP contribution in [0.2, 0.25) is 0 Å². The van der Waals surface area contributed by atoms with Crippen LogP contribution in [0.1, 0.15) is 32.3 Å². The molecule has 0 aliphatic heterocycles. The highest BCUT2D eigenvalue weighted by atomic mass is 35.5. The van der Waals surface area contributed by atoms with Gasteiger partial charge in [-0.05, 0) is 18.9 Å². The molecule has 2 atom stereocenters. The SMILES string of the molecule is CCCCOC(=O)[C@@H](O)[C@@](C)(Cl)c1ccccc1. The number of hydrogen-bond acceptors (Lipinski definition) is 3. The second-order valence-electron chi connectivity index (χ2n) is 4.37. The lowest BCUT2D eigenvalue weighted by atomic mass is 9.94. The number of halogens is 1. The lowest BCUT2D eigenvalue weighted by Gasteiger charge is -2.27. The molecule has 0 heterocycles. The fourth-order valence-corrected chi connectivity index (χ4v) is 1.75. The van der Waals surface area contributed by atoms with Gasteiger partial charge >= 0.3 is 5.97 Å². The van der Waals surface area contributed by atoms with Crippen LogP contribution < -0.4 is 0 Å². The predicted octanol–water partition coefficient (Wildman–Crippen LogP) is 2.84. The topological polar surface area (TPSA) is 46.5 Å². The first kappa shape index (κ1) is 15.0. The number of alkyl halides is 1. The van der Waals surface area contributed by atoms with Crippen LogP contribution in [0.25, 0.3) is 0 Å². The molecular weight excluding hydrogens is 252 g/mol. The largest absolute Gasteiger partial charge is 0.464 e. The van der Waals surface area contributed by atoms with Gasteiger partial charge in [-0.2, -0.15) is 0 Å². The number of ether oxygens (including phenoxy) is 1. The zero-order valence-electron chi connectivity index (χ0n) is 10.7. The van der Waals surface area contributed by atoms with Gasteiger partial charge in [0.15, 0.2) is 6.10 Å². The Hall–Kier alpha value is -1.06. The van der Waals surface area contributed by atoms with Gasteiger partial charge in [0.1, 0.15) is 4.87 Å². The maximum absolute atomic E-state index is 11.7. The zero-order chi connectivity index (χ0) is 13.6. The van der Waals surface area contributed by atoms with Crippen LogP contribution in [0.15, 0.2) is 30.3 Å². The first-order chi connectivity index (χ1) is 8.50. The summed E-state index contributed by atoms with van der Waals surface area (Å²) in [6.45, 7) is 3.92. The molecule has 0 unspecified atom stereocenters. The fraction of sp³-hybridized carbons (Fsp3) is 0.500. The molecule has 3 nitrogen and oxygen atoms in total. The number of unbranched alkanes of at least 4 members (excludes halogenated alkanes) is 1. The maximum atomic E-state index is 11.7. The van der Waals surface area contributed by atoms with E-state index in [1.54, 1.807) is 19.1 Å². The molecule has 0 fully saturated rings. The second-order valence-corrected chi connectivity index (χ2v) is 5.15. The van der Waals surface area contributed by atoms with Crippen molar-refractivity contribution >= 4 is 17.6 Å². The molecule has 100 valence electrons. The molecule has 1 aromatic rings. The van der Waals surface area contributed by atoms with Gasteiger partial charge in [0.25, 0.3) is 0 Å². The Labute approximate surface area is 113 Å². The minimum atomic E-state index is -1.38. The summed E-state index contributed by atoms with van der Waals surface area (Å²) in [6.07, 6.45) is 0.335. The van der Waals surface area contributed by atoms with Crippen molar-refractivity contribution < 1.29 is 14.6 Å². The van der Waals surface area contributed by atoms with Gasteiger partial charge in [0.05, 0.1) is 6.61 Å². The van der Waals surface area contributed by atoms with Crippen LogP contribution in [-0.2, 0) is 14.4 Å². The molecule has 1 rings (SSSR count). The van der Waals surface area contributed by atoms with Gasteiger partial charge in [0, 0.05) is 0 Å². The lowest BCUT2D eigenvalue weighted by Crippen LogP contribution is -2.39. The smallest absolute Gasteiger partial charge is 0.337 e. The Balaban J connectivity index is 2.70. The molecule has 18 heavy (non-hydrogen) atoms. The molecule has 0 bridgehead atoms. The highest BCUT2D eigenvalue weighted by molar-refractivity contribution is 6.25. The van der Waals surface area contributed by atoms with Crippen molar-refractivity contribution in [2.24, 2.45) is 0 Å². The minimum absolute atomic E-state index is 0.314. The Bertz CT molecular complexity index is 376. The monoisotopic (exact) mass is 270 g/mol. The van der Waals surface area contributed by atoms with Crippen LogP contribution in [0.4, 0.5) is 0 Å². The third-order valence-electron chi connectivity index (χ3n) is 2.82. The number of carbonyl (C=O) groups is 1. The number of aliphatic hydroxyl groups is 1. The summed E-state index contributed by atoms with van der Waals surface area (Å²) in [4.78, 5) is 10.5. The molecule has 0 radical (unpaired) electrons. The van der Waals surface area contributed by atoms with Gasteiger partial charge in [-0.1, -0.05) is 43.7 Å². The van der Waals surface area contributed by atoms with Crippen LogP contribution in [0.5, 0.6) is 0 Å². The normalized spacial score (nSPS) is 15.8. The number of aliphatic hydroxyl groups excluding tert-OH is 1. The molecule has 0 amide bonds. The van der Waals surface area contributed by atoms with E-state index in [4.69, 9.17) is 16.3 Å². The summed E-state index contributed by atoms with van der Waals surface area (Å²) in [5, 5.41) is 9.99.